The molecule has 0 radical (unpaired) electrons. The Balaban J connectivity index is 1.55. The molecule has 0 bridgehead atoms. The topological polar surface area (TPSA) is 73.9 Å². The Morgan fingerprint density at radius 1 is 0.897 bits per heavy atom. The minimum absolute atomic E-state index is 0.0233. The second-order valence-electron chi connectivity index (χ2n) is 9.87. The molecule has 0 saturated carbocycles. The van der Waals surface area contributed by atoms with Gasteiger partial charge in [0.15, 0.2) is 5.78 Å². The first-order valence-electron chi connectivity index (χ1n) is 13.3. The van der Waals surface area contributed by atoms with Crippen LogP contribution in [0.25, 0.3) is 0 Å². The minimum Gasteiger partial charge on any atom is -0.489 e. The van der Waals surface area contributed by atoms with Crippen molar-refractivity contribution in [3.63, 3.8) is 0 Å². The molecular weight excluding hydrogens is 490 g/mol. The van der Waals surface area contributed by atoms with Crippen molar-refractivity contribution in [3.05, 3.63) is 124 Å². The van der Waals surface area contributed by atoms with E-state index in [-0.39, 0.29) is 18.3 Å². The van der Waals surface area contributed by atoms with E-state index in [2.05, 4.69) is 17.4 Å². The molecule has 1 aliphatic carbocycles. The quantitative estimate of drug-likeness (QED) is 0.282. The molecule has 3 aromatic carbocycles. The van der Waals surface area contributed by atoms with Gasteiger partial charge >= 0.3 is 5.97 Å². The highest BCUT2D eigenvalue weighted by Gasteiger charge is 2.42. The van der Waals surface area contributed by atoms with Gasteiger partial charge in [0.05, 0.1) is 18.1 Å². The number of dihydropyridines is 1. The van der Waals surface area contributed by atoms with E-state index < -0.39 is 11.9 Å². The van der Waals surface area contributed by atoms with E-state index in [0.717, 1.165) is 22.4 Å². The summed E-state index contributed by atoms with van der Waals surface area (Å²) >= 11 is 0. The summed E-state index contributed by atoms with van der Waals surface area (Å²) in [5, 5.41) is 3.41. The number of methoxy groups -OCH3 is 1. The summed E-state index contributed by atoms with van der Waals surface area (Å²) in [4.78, 5) is 27.4. The van der Waals surface area contributed by atoms with Crippen LogP contribution in [-0.2, 0) is 25.7 Å². The number of esters is 1. The van der Waals surface area contributed by atoms with Crippen molar-refractivity contribution in [2.75, 3.05) is 20.3 Å². The van der Waals surface area contributed by atoms with Crippen molar-refractivity contribution in [2.45, 2.75) is 38.2 Å². The average molecular weight is 524 g/mol. The molecule has 6 nitrogen and oxygen atoms in total. The molecule has 2 aliphatic rings. The van der Waals surface area contributed by atoms with E-state index in [1.54, 1.807) is 7.11 Å². The molecule has 200 valence electrons. The lowest BCUT2D eigenvalue weighted by atomic mass is 9.71. The molecular formula is C33H33NO5. The van der Waals surface area contributed by atoms with E-state index in [1.807, 2.05) is 79.7 Å². The third-order valence-electron chi connectivity index (χ3n) is 7.31. The summed E-state index contributed by atoms with van der Waals surface area (Å²) in [6, 6.07) is 27.7. The number of rotatable bonds is 9. The molecule has 1 aliphatic heterocycles. The van der Waals surface area contributed by atoms with Crippen molar-refractivity contribution in [3.8, 4) is 5.75 Å². The zero-order valence-corrected chi connectivity index (χ0v) is 22.3. The third-order valence-corrected chi connectivity index (χ3v) is 7.31. The van der Waals surface area contributed by atoms with Crippen molar-refractivity contribution < 1.29 is 23.8 Å². The number of ether oxygens (including phenoxy) is 3. The number of ketones is 1. The fraction of sp³-hybridized carbons (Fsp3) is 0.273. The predicted octanol–water partition coefficient (Wildman–Crippen LogP) is 5.82. The largest absolute Gasteiger partial charge is 0.489 e. The van der Waals surface area contributed by atoms with Crippen LogP contribution in [0.1, 0.15) is 48.3 Å². The molecule has 0 aromatic heterocycles. The third kappa shape index (κ3) is 5.81. The second-order valence-corrected chi connectivity index (χ2v) is 9.87. The van der Waals surface area contributed by atoms with Crippen LogP contribution in [0.3, 0.4) is 0 Å². The van der Waals surface area contributed by atoms with Crippen LogP contribution >= 0.6 is 0 Å². The van der Waals surface area contributed by atoms with Crippen LogP contribution in [0.2, 0.25) is 0 Å². The Hall–Kier alpha value is -4.16. The fourth-order valence-corrected chi connectivity index (χ4v) is 5.46. The molecule has 5 rings (SSSR count). The maximum atomic E-state index is 13.9. The Morgan fingerprint density at radius 3 is 2.33 bits per heavy atom. The number of hydrogen-bond acceptors (Lipinski definition) is 6. The van der Waals surface area contributed by atoms with Crippen molar-refractivity contribution >= 4 is 11.8 Å². The van der Waals surface area contributed by atoms with Gasteiger partial charge in [0.2, 0.25) is 0 Å². The van der Waals surface area contributed by atoms with Gasteiger partial charge in [-0.25, -0.2) is 4.79 Å². The molecule has 0 fully saturated rings. The lowest BCUT2D eigenvalue weighted by Gasteiger charge is -2.37. The maximum absolute atomic E-state index is 13.9. The number of Topliss-reactive ketones (excluding diaryl/α,β-unsaturated/α-hetero) is 1. The zero-order chi connectivity index (χ0) is 27.2. The van der Waals surface area contributed by atoms with Gasteiger partial charge in [-0.3, -0.25) is 4.79 Å². The molecule has 3 aromatic rings. The highest BCUT2D eigenvalue weighted by Crippen LogP contribution is 2.47. The molecule has 0 unspecified atom stereocenters. The summed E-state index contributed by atoms with van der Waals surface area (Å²) in [7, 11) is 1.56. The first-order valence-corrected chi connectivity index (χ1v) is 13.3. The SMILES string of the molecule is COCCOC(=O)C1=C(C)NC2=C(C(=O)C[C@@H](c3ccccc3)C2)[C@H]1c1ccccc1OCc1ccccc1. The highest BCUT2D eigenvalue weighted by atomic mass is 16.6. The monoisotopic (exact) mass is 523 g/mol. The van der Waals surface area contributed by atoms with E-state index in [0.29, 0.717) is 48.6 Å². The molecule has 0 amide bonds. The van der Waals surface area contributed by atoms with Crippen LogP contribution < -0.4 is 10.1 Å². The van der Waals surface area contributed by atoms with Crippen LogP contribution in [-0.4, -0.2) is 32.1 Å². The number of allylic oxidation sites excluding steroid dienone is 3. The molecule has 0 spiro atoms. The highest BCUT2D eigenvalue weighted by molar-refractivity contribution is 6.04. The Labute approximate surface area is 229 Å². The lowest BCUT2D eigenvalue weighted by Crippen LogP contribution is -2.36. The van der Waals surface area contributed by atoms with Crippen LogP contribution in [0.5, 0.6) is 5.75 Å². The molecule has 6 heteroatoms. The van der Waals surface area contributed by atoms with Crippen molar-refractivity contribution in [1.82, 2.24) is 5.32 Å². The first-order chi connectivity index (χ1) is 19.1. The van der Waals surface area contributed by atoms with Gasteiger partial charge in [-0.15, -0.1) is 0 Å². The molecule has 0 saturated heterocycles. The van der Waals surface area contributed by atoms with Crippen molar-refractivity contribution in [1.29, 1.82) is 0 Å². The normalized spacial score (nSPS) is 18.9. The number of hydrogen-bond donors (Lipinski definition) is 1. The van der Waals surface area contributed by atoms with Crippen LogP contribution in [0, 0.1) is 0 Å². The minimum atomic E-state index is -0.604. The molecule has 39 heavy (non-hydrogen) atoms. The zero-order valence-electron chi connectivity index (χ0n) is 22.3. The van der Waals surface area contributed by atoms with Crippen LogP contribution in [0.15, 0.2) is 107 Å². The standard InChI is InChI=1S/C33H33NO5/c1-22-30(33(36)38-18-17-37-2)31(26-15-9-10-16-29(26)39-21-23-11-5-3-6-12-23)32-27(34-22)19-25(20-28(32)35)24-13-7-4-8-14-24/h3-16,25,31,34H,17-21H2,1-2H3/t25-,31-/m0/s1. The van der Waals surface area contributed by atoms with Gasteiger partial charge in [-0.2, -0.15) is 0 Å². The van der Waals surface area contributed by atoms with Gasteiger partial charge in [0.25, 0.3) is 0 Å². The van der Waals surface area contributed by atoms with Gasteiger partial charge in [0.1, 0.15) is 19.0 Å². The summed E-state index contributed by atoms with van der Waals surface area (Å²) in [5.74, 6) is -0.349. The van der Waals surface area contributed by atoms with Crippen molar-refractivity contribution in [2.24, 2.45) is 0 Å². The Morgan fingerprint density at radius 2 is 1.59 bits per heavy atom. The summed E-state index contributed by atoms with van der Waals surface area (Å²) in [5.41, 5.74) is 5.51. The second kappa shape index (κ2) is 12.1. The van der Waals surface area contributed by atoms with Gasteiger partial charge < -0.3 is 19.5 Å². The van der Waals surface area contributed by atoms with Gasteiger partial charge in [-0.1, -0.05) is 78.9 Å². The molecule has 1 heterocycles. The van der Waals surface area contributed by atoms with Crippen LogP contribution in [0.4, 0.5) is 0 Å². The smallest absolute Gasteiger partial charge is 0.336 e. The lowest BCUT2D eigenvalue weighted by molar-refractivity contribution is -0.140. The predicted molar refractivity (Wildman–Crippen MR) is 149 cm³/mol. The van der Waals surface area contributed by atoms with E-state index in [1.165, 1.54) is 0 Å². The number of nitrogens with one attached hydrogen (secondary N) is 1. The maximum Gasteiger partial charge on any atom is 0.336 e. The average Bonchev–Trinajstić information content (AvgIpc) is 2.96. The number of para-hydroxylation sites is 1. The summed E-state index contributed by atoms with van der Waals surface area (Å²) in [6.07, 6.45) is 1.05. The fourth-order valence-electron chi connectivity index (χ4n) is 5.46. The Bertz CT molecular complexity index is 1390. The number of carbonyl (C=O) groups excluding carboxylic acids is 2. The first kappa shape index (κ1) is 26.4. The van der Waals surface area contributed by atoms with Gasteiger partial charge in [-0.05, 0) is 36.5 Å². The molecule has 2 atom stereocenters. The number of benzene rings is 3. The summed E-state index contributed by atoms with van der Waals surface area (Å²) < 4.78 is 17.0. The molecule has 1 N–H and O–H groups in total. The van der Waals surface area contributed by atoms with E-state index in [4.69, 9.17) is 14.2 Å². The Kier molecular flexibility index (Phi) is 8.23. The van der Waals surface area contributed by atoms with E-state index in [9.17, 15) is 9.59 Å². The summed E-state index contributed by atoms with van der Waals surface area (Å²) in [6.45, 7) is 2.66. The number of carbonyl (C=O) groups is 2. The van der Waals surface area contributed by atoms with E-state index >= 15 is 0 Å². The van der Waals surface area contributed by atoms with Gasteiger partial charge in [0, 0.05) is 36.1 Å².